The third kappa shape index (κ3) is 1.62. The first kappa shape index (κ1) is 8.88. The maximum absolute atomic E-state index is 5.57. The number of aromatic amines is 1. The highest BCUT2D eigenvalue weighted by atomic mass is 16.6. The number of ether oxygens (including phenoxy) is 2. The second kappa shape index (κ2) is 3.64. The molecule has 1 fully saturated rings. The van der Waals surface area contributed by atoms with Crippen molar-refractivity contribution >= 4 is 11.0 Å². The van der Waals surface area contributed by atoms with E-state index in [0.29, 0.717) is 19.8 Å². The van der Waals surface area contributed by atoms with Gasteiger partial charge in [-0.2, -0.15) is 0 Å². The van der Waals surface area contributed by atoms with Crippen LogP contribution in [0.2, 0.25) is 0 Å². The van der Waals surface area contributed by atoms with E-state index in [1.165, 1.54) is 0 Å². The third-order valence-corrected chi connectivity index (χ3v) is 2.53. The molecule has 1 saturated heterocycles. The van der Waals surface area contributed by atoms with Crippen molar-refractivity contribution in [1.29, 1.82) is 0 Å². The van der Waals surface area contributed by atoms with Crippen LogP contribution in [0.15, 0.2) is 24.3 Å². The average Bonchev–Trinajstić information content (AvgIpc) is 2.74. The first-order valence-electron chi connectivity index (χ1n) is 5.07. The Morgan fingerprint density at radius 1 is 1.27 bits per heavy atom. The lowest BCUT2D eigenvalue weighted by Gasteiger charge is -2.20. The molecule has 0 amide bonds. The fourth-order valence-corrected chi connectivity index (χ4v) is 1.77. The molecule has 0 radical (unpaired) electrons. The Bertz CT molecular complexity index is 427. The van der Waals surface area contributed by atoms with Crippen LogP contribution in [-0.2, 0) is 9.47 Å². The Labute approximate surface area is 87.2 Å². The lowest BCUT2D eigenvalue weighted by Crippen LogP contribution is -2.22. The quantitative estimate of drug-likeness (QED) is 0.768. The van der Waals surface area contributed by atoms with Gasteiger partial charge in [0.15, 0.2) is 0 Å². The number of imidazole rings is 1. The van der Waals surface area contributed by atoms with Gasteiger partial charge in [-0.15, -0.1) is 0 Å². The van der Waals surface area contributed by atoms with Crippen LogP contribution >= 0.6 is 0 Å². The standard InChI is InChI=1S/C11H12N2O2/c1-2-4-9-8(3-1)12-11(13-9)10-7-14-5-6-15-10/h1-4,10H,5-7H2,(H,12,13). The van der Waals surface area contributed by atoms with Gasteiger partial charge in [-0.3, -0.25) is 0 Å². The van der Waals surface area contributed by atoms with Gasteiger partial charge in [0.25, 0.3) is 0 Å². The number of benzene rings is 1. The highest BCUT2D eigenvalue weighted by Gasteiger charge is 2.19. The molecule has 4 nitrogen and oxygen atoms in total. The van der Waals surface area contributed by atoms with Crippen LogP contribution in [0.5, 0.6) is 0 Å². The maximum atomic E-state index is 5.57. The molecule has 0 aliphatic carbocycles. The zero-order chi connectivity index (χ0) is 10.1. The molecule has 1 unspecified atom stereocenters. The molecule has 0 saturated carbocycles. The number of nitrogens with one attached hydrogen (secondary N) is 1. The summed E-state index contributed by atoms with van der Waals surface area (Å²) in [5, 5.41) is 0. The number of hydrogen-bond acceptors (Lipinski definition) is 3. The largest absolute Gasteiger partial charge is 0.376 e. The lowest BCUT2D eigenvalue weighted by molar-refractivity contribution is -0.0931. The van der Waals surface area contributed by atoms with Crippen molar-refractivity contribution in [3.05, 3.63) is 30.1 Å². The second-order valence-corrected chi connectivity index (χ2v) is 3.57. The van der Waals surface area contributed by atoms with Crippen molar-refractivity contribution in [1.82, 2.24) is 9.97 Å². The van der Waals surface area contributed by atoms with Crippen molar-refractivity contribution in [2.45, 2.75) is 6.10 Å². The van der Waals surface area contributed by atoms with Crippen LogP contribution < -0.4 is 0 Å². The predicted octanol–water partition coefficient (Wildman–Crippen LogP) is 1.65. The van der Waals surface area contributed by atoms with E-state index >= 15 is 0 Å². The molecule has 1 aliphatic rings. The van der Waals surface area contributed by atoms with Crippen molar-refractivity contribution in [3.63, 3.8) is 0 Å². The molecule has 0 bridgehead atoms. The average molecular weight is 204 g/mol. The van der Waals surface area contributed by atoms with Crippen LogP contribution in [0.4, 0.5) is 0 Å². The molecule has 1 atom stereocenters. The van der Waals surface area contributed by atoms with Crippen LogP contribution in [0.25, 0.3) is 11.0 Å². The van der Waals surface area contributed by atoms with Crippen molar-refractivity contribution in [3.8, 4) is 0 Å². The molecule has 1 aromatic carbocycles. The van der Waals surface area contributed by atoms with Crippen LogP contribution in [0, 0.1) is 0 Å². The van der Waals surface area contributed by atoms with E-state index in [1.807, 2.05) is 24.3 Å². The summed E-state index contributed by atoms with van der Waals surface area (Å²) in [5.74, 6) is 0.857. The molecule has 78 valence electrons. The molecule has 15 heavy (non-hydrogen) atoms. The van der Waals surface area contributed by atoms with Gasteiger partial charge in [-0.1, -0.05) is 12.1 Å². The molecule has 1 N–H and O–H groups in total. The monoisotopic (exact) mass is 204 g/mol. The Morgan fingerprint density at radius 3 is 3.00 bits per heavy atom. The van der Waals surface area contributed by atoms with Gasteiger partial charge in [0.1, 0.15) is 11.9 Å². The van der Waals surface area contributed by atoms with E-state index in [-0.39, 0.29) is 6.10 Å². The molecule has 2 heterocycles. The Hall–Kier alpha value is -1.39. The number of aromatic nitrogens is 2. The first-order valence-corrected chi connectivity index (χ1v) is 5.07. The lowest BCUT2D eigenvalue weighted by atomic mass is 10.3. The third-order valence-electron chi connectivity index (χ3n) is 2.53. The normalized spacial score (nSPS) is 22.0. The van der Waals surface area contributed by atoms with E-state index in [0.717, 1.165) is 16.9 Å². The smallest absolute Gasteiger partial charge is 0.138 e. The van der Waals surface area contributed by atoms with Gasteiger partial charge < -0.3 is 14.5 Å². The SMILES string of the molecule is c1ccc2[nH]c(C3COCCO3)nc2c1. The topological polar surface area (TPSA) is 47.1 Å². The maximum Gasteiger partial charge on any atom is 0.138 e. The summed E-state index contributed by atoms with van der Waals surface area (Å²) in [6.07, 6.45) is -0.0499. The summed E-state index contributed by atoms with van der Waals surface area (Å²) in [6.45, 7) is 1.90. The first-order chi connectivity index (χ1) is 7.43. The summed E-state index contributed by atoms with van der Waals surface area (Å²) in [7, 11) is 0. The highest BCUT2D eigenvalue weighted by Crippen LogP contribution is 2.20. The van der Waals surface area contributed by atoms with Gasteiger partial charge in [-0.25, -0.2) is 4.98 Å². The van der Waals surface area contributed by atoms with Crippen LogP contribution in [0.3, 0.4) is 0 Å². The van der Waals surface area contributed by atoms with Crippen molar-refractivity contribution in [2.24, 2.45) is 0 Å². The van der Waals surface area contributed by atoms with Gasteiger partial charge in [0, 0.05) is 0 Å². The van der Waals surface area contributed by atoms with Crippen LogP contribution in [-0.4, -0.2) is 29.8 Å². The summed E-state index contributed by atoms with van der Waals surface area (Å²) in [4.78, 5) is 7.72. The molecule has 1 aromatic heterocycles. The minimum absolute atomic E-state index is 0.0499. The number of para-hydroxylation sites is 2. The predicted molar refractivity (Wildman–Crippen MR) is 55.6 cm³/mol. The van der Waals surface area contributed by atoms with Gasteiger partial charge >= 0.3 is 0 Å². The molecule has 2 aromatic rings. The van der Waals surface area contributed by atoms with Gasteiger partial charge in [-0.05, 0) is 12.1 Å². The Balaban J connectivity index is 1.96. The van der Waals surface area contributed by atoms with E-state index in [1.54, 1.807) is 0 Å². The molecular formula is C11H12N2O2. The molecule has 3 rings (SSSR count). The summed E-state index contributed by atoms with van der Waals surface area (Å²) in [6, 6.07) is 7.96. The zero-order valence-corrected chi connectivity index (χ0v) is 8.27. The molecule has 4 heteroatoms. The fourth-order valence-electron chi connectivity index (χ4n) is 1.77. The van der Waals surface area contributed by atoms with E-state index in [2.05, 4.69) is 9.97 Å². The van der Waals surface area contributed by atoms with E-state index < -0.39 is 0 Å². The summed E-state index contributed by atoms with van der Waals surface area (Å²) in [5.41, 5.74) is 2.02. The minimum atomic E-state index is -0.0499. The molecule has 1 aliphatic heterocycles. The number of fused-ring (bicyclic) bond motifs is 1. The van der Waals surface area contributed by atoms with E-state index in [4.69, 9.17) is 9.47 Å². The number of hydrogen-bond donors (Lipinski definition) is 1. The van der Waals surface area contributed by atoms with Crippen molar-refractivity contribution < 1.29 is 9.47 Å². The zero-order valence-electron chi connectivity index (χ0n) is 8.27. The number of H-pyrrole nitrogens is 1. The summed E-state index contributed by atoms with van der Waals surface area (Å²) < 4.78 is 10.9. The Morgan fingerprint density at radius 2 is 2.20 bits per heavy atom. The minimum Gasteiger partial charge on any atom is -0.376 e. The van der Waals surface area contributed by atoms with E-state index in [9.17, 15) is 0 Å². The second-order valence-electron chi connectivity index (χ2n) is 3.57. The molecular weight excluding hydrogens is 192 g/mol. The van der Waals surface area contributed by atoms with Gasteiger partial charge in [0.05, 0.1) is 30.9 Å². The fraction of sp³-hybridized carbons (Fsp3) is 0.364. The number of nitrogens with zero attached hydrogens (tertiary/aromatic N) is 1. The van der Waals surface area contributed by atoms with Crippen molar-refractivity contribution in [2.75, 3.05) is 19.8 Å². The molecule has 0 spiro atoms. The summed E-state index contributed by atoms with van der Waals surface area (Å²) >= 11 is 0. The van der Waals surface area contributed by atoms with Crippen LogP contribution in [0.1, 0.15) is 11.9 Å². The highest BCUT2D eigenvalue weighted by molar-refractivity contribution is 5.74. The van der Waals surface area contributed by atoms with Gasteiger partial charge in [0.2, 0.25) is 0 Å². The number of rotatable bonds is 1. The Kier molecular flexibility index (Phi) is 2.16.